The molecule has 2 heterocycles. The van der Waals surface area contributed by atoms with E-state index < -0.39 is 6.29 Å². The van der Waals surface area contributed by atoms with Crippen LogP contribution in [0.15, 0.2) is 10.7 Å². The van der Waals surface area contributed by atoms with Crippen LogP contribution in [0.3, 0.4) is 0 Å². The van der Waals surface area contributed by atoms with Crippen LogP contribution in [0.2, 0.25) is 5.35 Å². The van der Waals surface area contributed by atoms with E-state index in [4.69, 9.17) is 25.5 Å². The van der Waals surface area contributed by atoms with E-state index in [1.54, 1.807) is 6.92 Å². The number of rotatable bonds is 1. The largest absolute Gasteiger partial charge is 0.436 e. The molecule has 11 heavy (non-hydrogen) atoms. The second kappa shape index (κ2) is 2.48. The molecule has 0 N–H and O–H groups in total. The Kier molecular flexibility index (Phi) is 1.60. The molecule has 0 aromatic carbocycles. The highest BCUT2D eigenvalue weighted by molar-refractivity contribution is 6.27. The van der Waals surface area contributed by atoms with E-state index in [1.807, 2.05) is 0 Å². The Morgan fingerprint density at radius 3 is 2.73 bits per heavy atom. The molecule has 2 rings (SSSR count). The summed E-state index contributed by atoms with van der Waals surface area (Å²) < 4.78 is 15.0. The lowest BCUT2D eigenvalue weighted by atomic mass is 10.4. The van der Waals surface area contributed by atoms with Gasteiger partial charge in [-0.25, -0.2) is 0 Å². The van der Waals surface area contributed by atoms with Gasteiger partial charge in [-0.2, -0.15) is 4.98 Å². The summed E-state index contributed by atoms with van der Waals surface area (Å²) in [7, 11) is 0. The maximum absolute atomic E-state index is 5.43. The average molecular weight is 176 g/mol. The monoisotopic (exact) mass is 175 g/mol. The third kappa shape index (κ3) is 1.24. The Bertz CT molecular complexity index is 256. The molecule has 0 spiro atoms. The van der Waals surface area contributed by atoms with Crippen molar-refractivity contribution in [2.45, 2.75) is 19.5 Å². The second-order valence-corrected chi connectivity index (χ2v) is 2.52. The van der Waals surface area contributed by atoms with Gasteiger partial charge in [0, 0.05) is 0 Å². The van der Waals surface area contributed by atoms with Crippen molar-refractivity contribution >= 4 is 11.6 Å². The van der Waals surface area contributed by atoms with Crippen molar-refractivity contribution in [3.63, 3.8) is 0 Å². The Morgan fingerprint density at radius 1 is 1.55 bits per heavy atom. The fourth-order valence-corrected chi connectivity index (χ4v) is 1.01. The molecule has 0 saturated carbocycles. The van der Waals surface area contributed by atoms with E-state index in [0.717, 1.165) is 0 Å². The van der Waals surface area contributed by atoms with Crippen molar-refractivity contribution in [1.82, 2.24) is 4.98 Å². The van der Waals surface area contributed by atoms with Crippen molar-refractivity contribution in [1.29, 1.82) is 0 Å². The van der Waals surface area contributed by atoms with Gasteiger partial charge in [-0.05, 0) is 18.5 Å². The molecule has 5 heteroatoms. The Labute approximate surface area is 68.1 Å². The summed E-state index contributed by atoms with van der Waals surface area (Å²) in [6, 6.07) is 0. The molecule has 1 aliphatic rings. The van der Waals surface area contributed by atoms with Gasteiger partial charge in [0.2, 0.25) is 6.29 Å². The summed E-state index contributed by atoms with van der Waals surface area (Å²) in [5.74, 6) is 0. The highest BCUT2D eigenvalue weighted by Gasteiger charge is 2.30. The van der Waals surface area contributed by atoms with E-state index >= 15 is 0 Å². The van der Waals surface area contributed by atoms with Crippen molar-refractivity contribution in [3.8, 4) is 0 Å². The Balaban J connectivity index is 2.07. The minimum absolute atomic E-state index is 0.103. The van der Waals surface area contributed by atoms with Gasteiger partial charge in [0.05, 0.1) is 0 Å². The van der Waals surface area contributed by atoms with Crippen LogP contribution in [-0.2, 0) is 9.47 Å². The summed E-state index contributed by atoms with van der Waals surface area (Å²) in [4.78, 5) is 3.82. The molecule has 0 aliphatic carbocycles. The van der Waals surface area contributed by atoms with Crippen LogP contribution in [0, 0.1) is 0 Å². The second-order valence-electron chi connectivity index (χ2n) is 2.20. The number of hydrogen-bond acceptors (Lipinski definition) is 4. The number of halogens is 1. The first-order valence-electron chi connectivity index (χ1n) is 3.17. The van der Waals surface area contributed by atoms with Gasteiger partial charge in [-0.3, -0.25) is 0 Å². The third-order valence-electron chi connectivity index (χ3n) is 1.37. The predicted molar refractivity (Wildman–Crippen MR) is 35.9 cm³/mol. The van der Waals surface area contributed by atoms with Gasteiger partial charge in [-0.15, -0.1) is 0 Å². The van der Waals surface area contributed by atoms with Gasteiger partial charge < -0.3 is 13.9 Å². The molecule has 0 unspecified atom stereocenters. The number of aromatic nitrogens is 1. The van der Waals surface area contributed by atoms with Crippen LogP contribution in [0.1, 0.15) is 18.9 Å². The quantitative estimate of drug-likeness (QED) is 0.652. The van der Waals surface area contributed by atoms with Gasteiger partial charge >= 0.3 is 0 Å². The lowest BCUT2D eigenvalue weighted by Crippen LogP contribution is -2.31. The molecule has 0 bridgehead atoms. The summed E-state index contributed by atoms with van der Waals surface area (Å²) in [5.41, 5.74) is 0.577. The molecule has 0 atom stereocenters. The van der Waals surface area contributed by atoms with E-state index in [0.29, 0.717) is 5.69 Å². The molecule has 1 fully saturated rings. The maximum atomic E-state index is 5.43. The lowest BCUT2D eigenvalue weighted by molar-refractivity contribution is -0.383. The number of hydrogen-bond donors (Lipinski definition) is 0. The highest BCUT2D eigenvalue weighted by Crippen LogP contribution is 2.30. The first-order valence-corrected chi connectivity index (χ1v) is 3.55. The molecule has 4 nitrogen and oxygen atoms in total. The van der Waals surface area contributed by atoms with E-state index in [2.05, 4.69) is 4.98 Å². The Hall–Kier alpha value is -0.580. The zero-order valence-corrected chi connectivity index (χ0v) is 6.54. The molecule has 0 amide bonds. The predicted octanol–water partition coefficient (Wildman–Crippen LogP) is 1.72. The van der Waals surface area contributed by atoms with Gasteiger partial charge in [0.25, 0.3) is 5.35 Å². The highest BCUT2D eigenvalue weighted by atomic mass is 35.5. The molecule has 1 saturated heterocycles. The Morgan fingerprint density at radius 2 is 2.27 bits per heavy atom. The molecule has 0 radical (unpaired) electrons. The van der Waals surface area contributed by atoms with Crippen LogP contribution in [0.5, 0.6) is 0 Å². The number of ether oxygens (including phenoxy) is 2. The SMILES string of the molecule is CC1OC(c2coc(Cl)n2)O1. The van der Waals surface area contributed by atoms with Crippen LogP contribution in [0.4, 0.5) is 0 Å². The summed E-state index contributed by atoms with van der Waals surface area (Å²) in [5, 5.41) is 0.103. The summed E-state index contributed by atoms with van der Waals surface area (Å²) in [6.45, 7) is 1.80. The van der Waals surface area contributed by atoms with Crippen LogP contribution >= 0.6 is 11.6 Å². The van der Waals surface area contributed by atoms with Crippen LogP contribution < -0.4 is 0 Å². The zero-order valence-electron chi connectivity index (χ0n) is 5.78. The first kappa shape index (κ1) is 7.09. The standard InChI is InChI=1S/C6H6ClNO3/c1-3-10-5(11-3)4-2-9-6(7)8-4/h2-3,5H,1H3. The zero-order chi connectivity index (χ0) is 7.84. The van der Waals surface area contributed by atoms with E-state index in [-0.39, 0.29) is 11.6 Å². The molecule has 1 aromatic rings. The molecule has 1 aromatic heterocycles. The molecule has 60 valence electrons. The number of oxazole rings is 1. The van der Waals surface area contributed by atoms with Crippen molar-refractivity contribution in [2.75, 3.05) is 0 Å². The summed E-state index contributed by atoms with van der Waals surface area (Å²) >= 11 is 5.43. The molecule has 1 aliphatic heterocycles. The van der Waals surface area contributed by atoms with E-state index in [9.17, 15) is 0 Å². The number of nitrogens with zero attached hydrogens (tertiary/aromatic N) is 1. The molecular weight excluding hydrogens is 170 g/mol. The van der Waals surface area contributed by atoms with Crippen molar-refractivity contribution in [2.24, 2.45) is 0 Å². The fraction of sp³-hybridized carbons (Fsp3) is 0.500. The minimum atomic E-state index is -0.402. The lowest BCUT2D eigenvalue weighted by Gasteiger charge is -2.31. The van der Waals surface area contributed by atoms with Crippen molar-refractivity contribution < 1.29 is 13.9 Å². The smallest absolute Gasteiger partial charge is 0.292 e. The topological polar surface area (TPSA) is 44.5 Å². The van der Waals surface area contributed by atoms with E-state index in [1.165, 1.54) is 6.26 Å². The van der Waals surface area contributed by atoms with Gasteiger partial charge in [-0.1, -0.05) is 0 Å². The first-order chi connectivity index (χ1) is 5.25. The average Bonchev–Trinajstić information content (AvgIpc) is 2.29. The van der Waals surface area contributed by atoms with Crippen LogP contribution in [-0.4, -0.2) is 11.3 Å². The fourth-order valence-electron chi connectivity index (χ4n) is 0.869. The van der Waals surface area contributed by atoms with Gasteiger partial charge in [0.15, 0.2) is 6.29 Å². The molecular formula is C6H6ClNO3. The van der Waals surface area contributed by atoms with Crippen LogP contribution in [0.25, 0.3) is 0 Å². The summed E-state index contributed by atoms with van der Waals surface area (Å²) in [6.07, 6.45) is 0.857. The van der Waals surface area contributed by atoms with Crippen molar-refractivity contribution in [3.05, 3.63) is 17.3 Å². The maximum Gasteiger partial charge on any atom is 0.292 e. The van der Waals surface area contributed by atoms with Gasteiger partial charge in [0.1, 0.15) is 12.0 Å². The normalized spacial score (nSPS) is 30.0. The third-order valence-corrected chi connectivity index (χ3v) is 1.54. The minimum Gasteiger partial charge on any atom is -0.436 e.